The van der Waals surface area contributed by atoms with Crippen molar-refractivity contribution in [2.24, 2.45) is 5.92 Å². The first-order valence-corrected chi connectivity index (χ1v) is 8.82. The van der Waals surface area contributed by atoms with Gasteiger partial charge in [-0.3, -0.25) is 4.79 Å². The summed E-state index contributed by atoms with van der Waals surface area (Å²) in [6, 6.07) is 6.27. The topological polar surface area (TPSA) is 38.3 Å². The molecular formula is C19H27NO2. The summed E-state index contributed by atoms with van der Waals surface area (Å²) < 4.78 is 5.66. The molecule has 1 N–H and O–H groups in total. The molecule has 0 unspecified atom stereocenters. The highest BCUT2D eigenvalue weighted by Crippen LogP contribution is 2.25. The molecule has 1 fully saturated rings. The van der Waals surface area contributed by atoms with E-state index < -0.39 is 0 Å². The Morgan fingerprint density at radius 2 is 1.82 bits per heavy atom. The Balaban J connectivity index is 1.42. The van der Waals surface area contributed by atoms with Gasteiger partial charge in [-0.15, -0.1) is 0 Å². The highest BCUT2D eigenvalue weighted by molar-refractivity contribution is 5.77. The summed E-state index contributed by atoms with van der Waals surface area (Å²) in [5.74, 6) is 1.50. The second-order valence-corrected chi connectivity index (χ2v) is 6.73. The Morgan fingerprint density at radius 1 is 1.05 bits per heavy atom. The fraction of sp³-hybridized carbons (Fsp3) is 0.632. The van der Waals surface area contributed by atoms with Crippen LogP contribution in [0.2, 0.25) is 0 Å². The van der Waals surface area contributed by atoms with Gasteiger partial charge in [-0.25, -0.2) is 0 Å². The Morgan fingerprint density at radius 3 is 2.64 bits per heavy atom. The van der Waals surface area contributed by atoms with Crippen LogP contribution in [-0.4, -0.2) is 19.1 Å². The lowest BCUT2D eigenvalue weighted by atomic mass is 9.89. The van der Waals surface area contributed by atoms with Gasteiger partial charge in [0.1, 0.15) is 5.75 Å². The van der Waals surface area contributed by atoms with Crippen LogP contribution in [0.3, 0.4) is 0 Å². The molecule has 0 bridgehead atoms. The van der Waals surface area contributed by atoms with Crippen molar-refractivity contribution in [2.75, 3.05) is 13.2 Å². The number of hydrogen-bond donors (Lipinski definition) is 1. The summed E-state index contributed by atoms with van der Waals surface area (Å²) in [6.45, 7) is 0.942. The molecule has 120 valence electrons. The van der Waals surface area contributed by atoms with E-state index in [2.05, 4.69) is 17.4 Å². The molecule has 1 saturated carbocycles. The molecule has 0 atom stereocenters. The Labute approximate surface area is 133 Å². The molecule has 0 aromatic heterocycles. The molecule has 22 heavy (non-hydrogen) atoms. The van der Waals surface area contributed by atoms with Crippen LogP contribution in [0.1, 0.15) is 56.1 Å². The fourth-order valence-corrected chi connectivity index (χ4v) is 3.65. The number of hydrogen-bond acceptors (Lipinski definition) is 2. The normalized spacial score (nSPS) is 18.5. The molecule has 1 amide bonds. The van der Waals surface area contributed by atoms with Gasteiger partial charge in [-0.1, -0.05) is 25.3 Å². The summed E-state index contributed by atoms with van der Waals surface area (Å²) in [6.07, 6.45) is 11.4. The first-order chi connectivity index (χ1) is 10.8. The maximum Gasteiger partial charge on any atom is 0.257 e. The quantitative estimate of drug-likeness (QED) is 0.901. The van der Waals surface area contributed by atoms with Crippen molar-refractivity contribution >= 4 is 5.91 Å². The lowest BCUT2D eigenvalue weighted by Gasteiger charge is -2.21. The molecule has 3 heteroatoms. The van der Waals surface area contributed by atoms with E-state index in [9.17, 15) is 4.79 Å². The zero-order valence-corrected chi connectivity index (χ0v) is 13.4. The first kappa shape index (κ1) is 15.4. The van der Waals surface area contributed by atoms with E-state index in [1.807, 2.05) is 6.07 Å². The maximum atomic E-state index is 11.9. The minimum atomic E-state index is 0.00305. The van der Waals surface area contributed by atoms with Gasteiger partial charge in [-0.2, -0.15) is 0 Å². The molecule has 2 aliphatic rings. The lowest BCUT2D eigenvalue weighted by Crippen LogP contribution is -2.33. The van der Waals surface area contributed by atoms with Crippen molar-refractivity contribution < 1.29 is 9.53 Å². The number of fused-ring (bicyclic) bond motifs is 1. The largest absolute Gasteiger partial charge is 0.484 e. The average Bonchev–Trinajstić information content (AvgIpc) is 2.59. The van der Waals surface area contributed by atoms with Gasteiger partial charge in [0.2, 0.25) is 0 Å². The second-order valence-electron chi connectivity index (χ2n) is 6.73. The van der Waals surface area contributed by atoms with Gasteiger partial charge >= 0.3 is 0 Å². The molecule has 3 nitrogen and oxygen atoms in total. The summed E-state index contributed by atoms with van der Waals surface area (Å²) in [4.78, 5) is 11.9. The maximum absolute atomic E-state index is 11.9. The number of rotatable bonds is 5. The van der Waals surface area contributed by atoms with Gasteiger partial charge in [-0.05, 0) is 67.7 Å². The lowest BCUT2D eigenvalue weighted by molar-refractivity contribution is -0.123. The third-order valence-electron chi connectivity index (χ3n) is 5.00. The third-order valence-corrected chi connectivity index (χ3v) is 5.00. The predicted octanol–water partition coefficient (Wildman–Crippen LogP) is 3.64. The highest BCUT2D eigenvalue weighted by atomic mass is 16.5. The van der Waals surface area contributed by atoms with Crippen molar-refractivity contribution in [1.29, 1.82) is 0 Å². The highest BCUT2D eigenvalue weighted by Gasteiger charge is 2.15. The number of benzene rings is 1. The molecule has 0 spiro atoms. The van der Waals surface area contributed by atoms with Gasteiger partial charge in [0.05, 0.1) is 0 Å². The minimum absolute atomic E-state index is 0.00305. The van der Waals surface area contributed by atoms with Crippen LogP contribution in [0, 0.1) is 5.92 Å². The van der Waals surface area contributed by atoms with Crippen LogP contribution in [0.25, 0.3) is 0 Å². The van der Waals surface area contributed by atoms with Gasteiger partial charge in [0.15, 0.2) is 6.61 Å². The van der Waals surface area contributed by atoms with E-state index in [1.165, 1.54) is 62.5 Å². The van der Waals surface area contributed by atoms with Gasteiger partial charge < -0.3 is 10.1 Å². The smallest absolute Gasteiger partial charge is 0.257 e. The number of nitrogens with one attached hydrogen (secondary N) is 1. The molecule has 0 radical (unpaired) electrons. The Kier molecular flexibility index (Phi) is 5.36. The fourth-order valence-electron chi connectivity index (χ4n) is 3.65. The van der Waals surface area contributed by atoms with Crippen LogP contribution in [-0.2, 0) is 17.6 Å². The van der Waals surface area contributed by atoms with Crippen LogP contribution in [0.5, 0.6) is 5.75 Å². The molecule has 0 heterocycles. The molecular weight excluding hydrogens is 274 g/mol. The molecule has 0 aliphatic heterocycles. The van der Waals surface area contributed by atoms with Crippen LogP contribution in [0.15, 0.2) is 18.2 Å². The van der Waals surface area contributed by atoms with Crippen molar-refractivity contribution in [3.8, 4) is 5.75 Å². The zero-order chi connectivity index (χ0) is 15.2. The molecule has 1 aromatic carbocycles. The van der Waals surface area contributed by atoms with E-state index in [4.69, 9.17) is 4.74 Å². The molecule has 0 saturated heterocycles. The van der Waals surface area contributed by atoms with Crippen molar-refractivity contribution in [2.45, 2.75) is 57.8 Å². The summed E-state index contributed by atoms with van der Waals surface area (Å²) in [7, 11) is 0. The summed E-state index contributed by atoms with van der Waals surface area (Å²) >= 11 is 0. The van der Waals surface area contributed by atoms with Crippen molar-refractivity contribution in [3.63, 3.8) is 0 Å². The van der Waals surface area contributed by atoms with Crippen molar-refractivity contribution in [3.05, 3.63) is 29.3 Å². The second kappa shape index (κ2) is 7.66. The average molecular weight is 301 g/mol. The predicted molar refractivity (Wildman–Crippen MR) is 88.2 cm³/mol. The van der Waals surface area contributed by atoms with E-state index in [0.29, 0.717) is 5.92 Å². The Hall–Kier alpha value is -1.51. The van der Waals surface area contributed by atoms with Crippen LogP contribution >= 0.6 is 0 Å². The monoisotopic (exact) mass is 301 g/mol. The number of amides is 1. The van der Waals surface area contributed by atoms with Crippen LogP contribution in [0.4, 0.5) is 0 Å². The summed E-state index contributed by atoms with van der Waals surface area (Å²) in [5, 5.41) is 3.02. The minimum Gasteiger partial charge on any atom is -0.484 e. The van der Waals surface area contributed by atoms with Crippen LogP contribution < -0.4 is 10.1 Å². The molecule has 1 aromatic rings. The number of carbonyl (C=O) groups excluding carboxylic acids is 1. The standard InChI is InChI=1S/C19H27NO2/c21-19(20-13-15-6-2-1-3-7-15)14-22-18-11-10-16-8-4-5-9-17(16)12-18/h10-12,15H,1-9,13-14H2,(H,20,21). The summed E-state index contributed by atoms with van der Waals surface area (Å²) in [5.41, 5.74) is 2.84. The zero-order valence-electron chi connectivity index (χ0n) is 13.4. The molecule has 2 aliphatic carbocycles. The SMILES string of the molecule is O=C(COc1ccc2c(c1)CCCC2)NCC1CCCCC1. The van der Waals surface area contributed by atoms with Gasteiger partial charge in [0, 0.05) is 6.54 Å². The van der Waals surface area contributed by atoms with E-state index >= 15 is 0 Å². The third kappa shape index (κ3) is 4.25. The van der Waals surface area contributed by atoms with E-state index in [-0.39, 0.29) is 12.5 Å². The van der Waals surface area contributed by atoms with Gasteiger partial charge in [0.25, 0.3) is 5.91 Å². The van der Waals surface area contributed by atoms with E-state index in [1.54, 1.807) is 0 Å². The first-order valence-electron chi connectivity index (χ1n) is 8.82. The number of ether oxygens (including phenoxy) is 1. The number of aryl methyl sites for hydroxylation is 2. The van der Waals surface area contributed by atoms with E-state index in [0.717, 1.165) is 18.7 Å². The molecule has 3 rings (SSSR count). The number of carbonyl (C=O) groups is 1. The van der Waals surface area contributed by atoms with Crippen molar-refractivity contribution in [1.82, 2.24) is 5.32 Å². The Bertz CT molecular complexity index is 506.